The van der Waals surface area contributed by atoms with Crippen molar-refractivity contribution in [2.45, 2.75) is 32.7 Å². The van der Waals surface area contributed by atoms with Gasteiger partial charge in [0.05, 0.1) is 0 Å². The summed E-state index contributed by atoms with van der Waals surface area (Å²) < 4.78 is 1.79. The zero-order valence-corrected chi connectivity index (χ0v) is 9.22. The third-order valence-electron chi connectivity index (χ3n) is 2.41. The molecule has 3 N–H and O–H groups in total. The molecule has 0 spiro atoms. The first-order valence-electron chi connectivity index (χ1n) is 5.37. The molecule has 86 valence electrons. The van der Waals surface area contributed by atoms with E-state index in [4.69, 9.17) is 5.84 Å². The third-order valence-corrected chi connectivity index (χ3v) is 2.41. The fourth-order valence-electron chi connectivity index (χ4n) is 1.56. The summed E-state index contributed by atoms with van der Waals surface area (Å²) >= 11 is 0. The van der Waals surface area contributed by atoms with Crippen LogP contribution < -0.4 is 11.3 Å². The zero-order valence-electron chi connectivity index (χ0n) is 9.22. The van der Waals surface area contributed by atoms with E-state index in [1.165, 1.54) is 19.2 Å². The van der Waals surface area contributed by atoms with Crippen LogP contribution in [0.25, 0.3) is 11.2 Å². The molecule has 0 aliphatic carbocycles. The zero-order chi connectivity index (χ0) is 11.4. The lowest BCUT2D eigenvalue weighted by atomic mass is 10.2. The van der Waals surface area contributed by atoms with Crippen molar-refractivity contribution in [2.75, 3.05) is 5.43 Å². The largest absolute Gasteiger partial charge is 0.306 e. The predicted molar refractivity (Wildman–Crippen MR) is 60.5 cm³/mol. The number of fused-ring (bicyclic) bond motifs is 1. The monoisotopic (exact) mass is 221 g/mol. The Labute approximate surface area is 93.0 Å². The minimum atomic E-state index is 0.506. The van der Waals surface area contributed by atoms with Gasteiger partial charge < -0.3 is 5.43 Å². The topological polar surface area (TPSA) is 94.5 Å². The number of nitrogen functional groups attached to an aromatic ring is 1. The maximum absolute atomic E-state index is 5.33. The lowest BCUT2D eigenvalue weighted by Crippen LogP contribution is -2.09. The summed E-state index contributed by atoms with van der Waals surface area (Å²) in [6.45, 7) is 2.99. The van der Waals surface area contributed by atoms with E-state index in [1.54, 1.807) is 4.68 Å². The van der Waals surface area contributed by atoms with Gasteiger partial charge in [0.25, 0.3) is 0 Å². The van der Waals surface area contributed by atoms with Crippen LogP contribution in [0, 0.1) is 0 Å². The molecular formula is C9H15N7. The number of hydrogen-bond donors (Lipinski definition) is 2. The van der Waals surface area contributed by atoms with Gasteiger partial charge in [-0.05, 0) is 6.42 Å². The van der Waals surface area contributed by atoms with E-state index in [0.29, 0.717) is 11.3 Å². The first-order chi connectivity index (χ1) is 7.86. The number of nitrogens with zero attached hydrogens (tertiary/aromatic N) is 5. The van der Waals surface area contributed by atoms with Crippen molar-refractivity contribution in [2.24, 2.45) is 5.84 Å². The first-order valence-corrected chi connectivity index (χ1v) is 5.37. The summed E-state index contributed by atoms with van der Waals surface area (Å²) in [4.78, 5) is 8.13. The molecule has 2 heterocycles. The number of nitrogens with one attached hydrogen (secondary N) is 1. The molecule has 2 rings (SSSR count). The number of hydrogen-bond acceptors (Lipinski definition) is 6. The average Bonchev–Trinajstić information content (AvgIpc) is 2.73. The van der Waals surface area contributed by atoms with E-state index in [1.807, 2.05) is 0 Å². The van der Waals surface area contributed by atoms with E-state index in [0.717, 1.165) is 18.6 Å². The van der Waals surface area contributed by atoms with Crippen molar-refractivity contribution in [1.82, 2.24) is 25.0 Å². The van der Waals surface area contributed by atoms with Crippen LogP contribution >= 0.6 is 0 Å². The summed E-state index contributed by atoms with van der Waals surface area (Å²) in [7, 11) is 0. The lowest BCUT2D eigenvalue weighted by molar-refractivity contribution is 0.547. The molecule has 0 radical (unpaired) electrons. The molecule has 2 aromatic rings. The second kappa shape index (κ2) is 4.84. The Bertz CT molecular complexity index is 464. The Hall–Kier alpha value is -1.76. The van der Waals surface area contributed by atoms with Crippen LogP contribution in [0.5, 0.6) is 0 Å². The van der Waals surface area contributed by atoms with Gasteiger partial charge in [-0.2, -0.15) is 0 Å². The normalized spacial score (nSPS) is 10.9. The van der Waals surface area contributed by atoms with Gasteiger partial charge in [-0.3, -0.25) is 0 Å². The standard InChI is InChI=1S/C9H15N7/c1-2-3-4-5-16-9-7(14-15-16)8(13-10)11-6-12-9/h6H,2-5,10H2,1H3,(H,11,12,13). The molecule has 0 amide bonds. The summed E-state index contributed by atoms with van der Waals surface area (Å²) in [5.41, 5.74) is 3.82. The summed E-state index contributed by atoms with van der Waals surface area (Å²) in [6, 6.07) is 0. The van der Waals surface area contributed by atoms with Crippen LogP contribution in [0.4, 0.5) is 5.82 Å². The van der Waals surface area contributed by atoms with E-state index in [9.17, 15) is 0 Å². The number of aryl methyl sites for hydroxylation is 1. The number of rotatable bonds is 5. The van der Waals surface area contributed by atoms with Gasteiger partial charge in [-0.25, -0.2) is 20.5 Å². The van der Waals surface area contributed by atoms with Crippen LogP contribution in [0.2, 0.25) is 0 Å². The van der Waals surface area contributed by atoms with Gasteiger partial charge in [0.1, 0.15) is 6.33 Å². The maximum Gasteiger partial charge on any atom is 0.183 e. The van der Waals surface area contributed by atoms with Gasteiger partial charge >= 0.3 is 0 Å². The van der Waals surface area contributed by atoms with E-state index in [-0.39, 0.29) is 0 Å². The average molecular weight is 221 g/mol. The molecule has 0 fully saturated rings. The first kappa shape index (κ1) is 10.7. The fraction of sp³-hybridized carbons (Fsp3) is 0.556. The maximum atomic E-state index is 5.33. The molecule has 0 aliphatic rings. The Balaban J connectivity index is 2.27. The van der Waals surface area contributed by atoms with E-state index in [2.05, 4.69) is 32.6 Å². The molecule has 0 saturated carbocycles. The molecule has 7 nitrogen and oxygen atoms in total. The van der Waals surface area contributed by atoms with Gasteiger partial charge in [0.15, 0.2) is 17.0 Å². The third kappa shape index (κ3) is 1.94. The Kier molecular flexibility index (Phi) is 3.25. The lowest BCUT2D eigenvalue weighted by Gasteiger charge is -2.01. The Morgan fingerprint density at radius 3 is 3.00 bits per heavy atom. The molecule has 0 bridgehead atoms. The second-order valence-electron chi connectivity index (χ2n) is 3.56. The van der Waals surface area contributed by atoms with Crippen molar-refractivity contribution >= 4 is 17.0 Å². The minimum Gasteiger partial charge on any atom is -0.306 e. The van der Waals surface area contributed by atoms with Crippen LogP contribution in [-0.2, 0) is 6.54 Å². The Morgan fingerprint density at radius 2 is 2.25 bits per heavy atom. The van der Waals surface area contributed by atoms with Gasteiger partial charge in [-0.15, -0.1) is 5.10 Å². The second-order valence-corrected chi connectivity index (χ2v) is 3.56. The van der Waals surface area contributed by atoms with Gasteiger partial charge in [0, 0.05) is 6.54 Å². The summed E-state index contributed by atoms with van der Waals surface area (Å²) in [6.07, 6.45) is 4.88. The summed E-state index contributed by atoms with van der Waals surface area (Å²) in [5.74, 6) is 5.84. The van der Waals surface area contributed by atoms with Crippen LogP contribution in [0.3, 0.4) is 0 Å². The highest BCUT2D eigenvalue weighted by Crippen LogP contribution is 2.14. The molecule has 0 unspecified atom stereocenters. The molecule has 2 aromatic heterocycles. The smallest absolute Gasteiger partial charge is 0.183 e. The van der Waals surface area contributed by atoms with Crippen LogP contribution in [0.1, 0.15) is 26.2 Å². The molecule has 0 atom stereocenters. The van der Waals surface area contributed by atoms with E-state index < -0.39 is 0 Å². The molecule has 0 saturated heterocycles. The van der Waals surface area contributed by atoms with Crippen molar-refractivity contribution < 1.29 is 0 Å². The van der Waals surface area contributed by atoms with Crippen molar-refractivity contribution in [3.8, 4) is 0 Å². The molecule has 0 aromatic carbocycles. The number of aromatic nitrogens is 5. The number of unbranched alkanes of at least 4 members (excludes halogenated alkanes) is 2. The molecule has 16 heavy (non-hydrogen) atoms. The summed E-state index contributed by atoms with van der Waals surface area (Å²) in [5, 5.41) is 8.06. The van der Waals surface area contributed by atoms with Gasteiger partial charge in [0.2, 0.25) is 0 Å². The number of hydrazine groups is 1. The highest BCUT2D eigenvalue weighted by Gasteiger charge is 2.09. The van der Waals surface area contributed by atoms with E-state index >= 15 is 0 Å². The minimum absolute atomic E-state index is 0.506. The number of nitrogens with two attached hydrogens (primary N) is 1. The predicted octanol–water partition coefficient (Wildman–Crippen LogP) is 0.697. The van der Waals surface area contributed by atoms with Crippen LogP contribution in [0.15, 0.2) is 6.33 Å². The van der Waals surface area contributed by atoms with Crippen molar-refractivity contribution in [3.05, 3.63) is 6.33 Å². The molecule has 0 aliphatic heterocycles. The van der Waals surface area contributed by atoms with Crippen molar-refractivity contribution in [1.29, 1.82) is 0 Å². The SMILES string of the molecule is CCCCCn1nnc2c(NN)ncnc21. The Morgan fingerprint density at radius 1 is 1.38 bits per heavy atom. The number of anilines is 1. The fourth-order valence-corrected chi connectivity index (χ4v) is 1.56. The quantitative estimate of drug-likeness (QED) is 0.438. The molecule has 7 heteroatoms. The van der Waals surface area contributed by atoms with Gasteiger partial charge in [-0.1, -0.05) is 25.0 Å². The van der Waals surface area contributed by atoms with Crippen molar-refractivity contribution in [3.63, 3.8) is 0 Å². The highest BCUT2D eigenvalue weighted by molar-refractivity contribution is 5.81. The molecular weight excluding hydrogens is 206 g/mol. The highest BCUT2D eigenvalue weighted by atomic mass is 15.4. The van der Waals surface area contributed by atoms with Crippen LogP contribution in [-0.4, -0.2) is 25.0 Å².